The molecular formula is C18H23N3OS2. The van der Waals surface area contributed by atoms with Crippen molar-refractivity contribution >= 4 is 28.6 Å². The zero-order valence-corrected chi connectivity index (χ0v) is 15.6. The highest BCUT2D eigenvalue weighted by atomic mass is 32.1. The van der Waals surface area contributed by atoms with E-state index < -0.39 is 0 Å². The van der Waals surface area contributed by atoms with Gasteiger partial charge in [0.1, 0.15) is 5.01 Å². The molecule has 6 heteroatoms. The predicted octanol–water partition coefficient (Wildman–Crippen LogP) is 3.26. The fraction of sp³-hybridized carbons (Fsp3) is 0.556. The zero-order chi connectivity index (χ0) is 16.6. The monoisotopic (exact) mass is 361 g/mol. The van der Waals surface area contributed by atoms with Crippen molar-refractivity contribution in [1.82, 2.24) is 14.8 Å². The van der Waals surface area contributed by atoms with E-state index in [0.29, 0.717) is 23.8 Å². The van der Waals surface area contributed by atoms with Gasteiger partial charge in [0, 0.05) is 35.6 Å². The first-order valence-corrected chi connectivity index (χ1v) is 10.3. The Hall–Kier alpha value is -1.24. The number of hydrogen-bond donors (Lipinski definition) is 0. The molecule has 0 bridgehead atoms. The molecule has 1 atom stereocenters. The molecule has 0 radical (unpaired) electrons. The standard InChI is InChI=1S/C18H23N3OS2/c1-20(13-16-19-6-10-24-16)15-12-18(15)4-7-21(8-5-18)17(22)11-14-3-2-9-23-14/h2-3,6,9-10,15H,4-5,7-8,11-13H2,1H3. The molecular weight excluding hydrogens is 338 g/mol. The fourth-order valence-corrected chi connectivity index (χ4v) is 5.39. The van der Waals surface area contributed by atoms with Gasteiger partial charge in [0.15, 0.2) is 0 Å². The maximum atomic E-state index is 12.4. The van der Waals surface area contributed by atoms with Crippen molar-refractivity contribution in [2.45, 2.75) is 38.3 Å². The number of nitrogens with zero attached hydrogens (tertiary/aromatic N) is 3. The van der Waals surface area contributed by atoms with E-state index in [1.807, 2.05) is 23.0 Å². The van der Waals surface area contributed by atoms with Gasteiger partial charge < -0.3 is 4.90 Å². The van der Waals surface area contributed by atoms with Crippen LogP contribution < -0.4 is 0 Å². The Kier molecular flexibility index (Phi) is 4.45. The molecule has 0 N–H and O–H groups in total. The largest absolute Gasteiger partial charge is 0.342 e. The van der Waals surface area contributed by atoms with Crippen LogP contribution in [0.15, 0.2) is 29.1 Å². The summed E-state index contributed by atoms with van der Waals surface area (Å²) in [5, 5.41) is 5.29. The zero-order valence-electron chi connectivity index (χ0n) is 14.0. The summed E-state index contributed by atoms with van der Waals surface area (Å²) in [5.74, 6) is 0.292. The van der Waals surface area contributed by atoms with Crippen LogP contribution in [0.2, 0.25) is 0 Å². The number of hydrogen-bond acceptors (Lipinski definition) is 5. The lowest BCUT2D eigenvalue weighted by Crippen LogP contribution is -2.41. The molecule has 2 fully saturated rings. The quantitative estimate of drug-likeness (QED) is 0.820. The molecule has 2 aliphatic rings. The average Bonchev–Trinajstić information content (AvgIpc) is 2.99. The van der Waals surface area contributed by atoms with Crippen LogP contribution in [-0.2, 0) is 17.8 Å². The number of piperidine rings is 1. The van der Waals surface area contributed by atoms with Gasteiger partial charge in [0.2, 0.25) is 5.91 Å². The number of thiazole rings is 1. The lowest BCUT2D eigenvalue weighted by atomic mass is 9.92. The van der Waals surface area contributed by atoms with Gasteiger partial charge in [-0.3, -0.25) is 9.69 Å². The van der Waals surface area contributed by atoms with Gasteiger partial charge in [-0.2, -0.15) is 0 Å². The van der Waals surface area contributed by atoms with Gasteiger partial charge in [-0.1, -0.05) is 6.07 Å². The van der Waals surface area contributed by atoms with Gasteiger partial charge >= 0.3 is 0 Å². The molecule has 2 aromatic heterocycles. The first-order valence-electron chi connectivity index (χ1n) is 8.55. The van der Waals surface area contributed by atoms with E-state index in [4.69, 9.17) is 0 Å². The highest BCUT2D eigenvalue weighted by Gasteiger charge is 2.56. The second-order valence-corrected chi connectivity index (χ2v) is 9.07. The van der Waals surface area contributed by atoms with Crippen molar-refractivity contribution in [2.75, 3.05) is 20.1 Å². The summed E-state index contributed by atoms with van der Waals surface area (Å²) in [6, 6.07) is 4.74. The van der Waals surface area contributed by atoms with Crippen LogP contribution in [-0.4, -0.2) is 46.9 Å². The molecule has 4 nitrogen and oxygen atoms in total. The lowest BCUT2D eigenvalue weighted by molar-refractivity contribution is -0.132. The second kappa shape index (κ2) is 6.58. The fourth-order valence-electron chi connectivity index (χ4n) is 4.02. The van der Waals surface area contributed by atoms with Crippen LogP contribution >= 0.6 is 22.7 Å². The maximum Gasteiger partial charge on any atom is 0.227 e. The number of carbonyl (C=O) groups excluding carboxylic acids is 1. The summed E-state index contributed by atoms with van der Waals surface area (Å²) in [7, 11) is 2.22. The molecule has 1 spiro atoms. The van der Waals surface area contributed by atoms with Gasteiger partial charge in [0.25, 0.3) is 0 Å². The molecule has 4 rings (SSSR count). The molecule has 1 saturated heterocycles. The van der Waals surface area contributed by atoms with Crippen LogP contribution in [0.1, 0.15) is 29.1 Å². The van der Waals surface area contributed by atoms with E-state index in [0.717, 1.165) is 32.5 Å². The number of rotatable bonds is 5. The Labute approximate surface area is 151 Å². The Morgan fingerprint density at radius 3 is 2.88 bits per heavy atom. The minimum Gasteiger partial charge on any atom is -0.342 e. The van der Waals surface area contributed by atoms with Crippen LogP contribution in [0, 0.1) is 5.41 Å². The molecule has 3 heterocycles. The van der Waals surface area contributed by atoms with Crippen molar-refractivity contribution in [3.8, 4) is 0 Å². The smallest absolute Gasteiger partial charge is 0.227 e. The van der Waals surface area contributed by atoms with E-state index in [1.165, 1.54) is 16.3 Å². The molecule has 1 unspecified atom stereocenters. The first kappa shape index (κ1) is 16.2. The highest BCUT2D eigenvalue weighted by Crippen LogP contribution is 2.56. The number of thiophene rings is 1. The molecule has 1 saturated carbocycles. The van der Waals surface area contributed by atoms with Crippen molar-refractivity contribution < 1.29 is 4.79 Å². The summed E-state index contributed by atoms with van der Waals surface area (Å²) in [5.41, 5.74) is 0.450. The van der Waals surface area contributed by atoms with Crippen LogP contribution in [0.3, 0.4) is 0 Å². The van der Waals surface area contributed by atoms with E-state index in [9.17, 15) is 4.79 Å². The molecule has 128 valence electrons. The Bertz CT molecular complexity index is 675. The summed E-state index contributed by atoms with van der Waals surface area (Å²) in [4.78, 5) is 22.5. The van der Waals surface area contributed by atoms with Gasteiger partial charge in [-0.15, -0.1) is 22.7 Å². The summed E-state index contributed by atoms with van der Waals surface area (Å²) >= 11 is 3.41. The van der Waals surface area contributed by atoms with Crippen molar-refractivity contribution in [3.05, 3.63) is 39.0 Å². The van der Waals surface area contributed by atoms with E-state index in [1.54, 1.807) is 22.7 Å². The third-order valence-corrected chi connectivity index (χ3v) is 7.21. The van der Waals surface area contributed by atoms with Crippen LogP contribution in [0.5, 0.6) is 0 Å². The Morgan fingerprint density at radius 1 is 1.38 bits per heavy atom. The average molecular weight is 362 g/mol. The van der Waals surface area contributed by atoms with Gasteiger partial charge in [0.05, 0.1) is 13.0 Å². The van der Waals surface area contributed by atoms with Gasteiger partial charge in [-0.05, 0) is 43.2 Å². The van der Waals surface area contributed by atoms with Gasteiger partial charge in [-0.25, -0.2) is 4.98 Å². The number of amides is 1. The van der Waals surface area contributed by atoms with E-state index in [-0.39, 0.29) is 0 Å². The maximum absolute atomic E-state index is 12.4. The van der Waals surface area contributed by atoms with E-state index >= 15 is 0 Å². The molecule has 1 aliphatic carbocycles. The van der Waals surface area contributed by atoms with Crippen molar-refractivity contribution in [1.29, 1.82) is 0 Å². The Morgan fingerprint density at radius 2 is 2.21 bits per heavy atom. The molecule has 2 aromatic rings. The first-order chi connectivity index (χ1) is 11.7. The molecule has 1 amide bonds. The molecule has 0 aromatic carbocycles. The number of aromatic nitrogens is 1. The third-order valence-electron chi connectivity index (χ3n) is 5.56. The normalized spacial score (nSPS) is 22.2. The van der Waals surface area contributed by atoms with Crippen molar-refractivity contribution in [3.63, 3.8) is 0 Å². The van der Waals surface area contributed by atoms with Crippen LogP contribution in [0.25, 0.3) is 0 Å². The molecule has 24 heavy (non-hydrogen) atoms. The third kappa shape index (κ3) is 3.27. The van der Waals surface area contributed by atoms with Crippen molar-refractivity contribution in [2.24, 2.45) is 5.41 Å². The summed E-state index contributed by atoms with van der Waals surface area (Å²) in [6.07, 6.45) is 6.03. The predicted molar refractivity (Wildman–Crippen MR) is 98.3 cm³/mol. The topological polar surface area (TPSA) is 36.4 Å². The summed E-state index contributed by atoms with van der Waals surface area (Å²) < 4.78 is 0. The van der Waals surface area contributed by atoms with Crippen LogP contribution in [0.4, 0.5) is 0 Å². The summed E-state index contributed by atoms with van der Waals surface area (Å²) in [6.45, 7) is 2.79. The lowest BCUT2D eigenvalue weighted by Gasteiger charge is -2.34. The second-order valence-electron chi connectivity index (χ2n) is 7.06. The number of carbonyl (C=O) groups is 1. The Balaban J connectivity index is 1.28. The van der Waals surface area contributed by atoms with E-state index in [2.05, 4.69) is 27.9 Å². The number of likely N-dealkylation sites (tertiary alicyclic amines) is 1. The SMILES string of the molecule is CN(Cc1nccs1)C1CC12CCN(C(=O)Cc1cccs1)CC2. The minimum atomic E-state index is 0.292. The molecule has 1 aliphatic heterocycles. The minimum absolute atomic E-state index is 0.292. The highest BCUT2D eigenvalue weighted by molar-refractivity contribution is 7.10.